The van der Waals surface area contributed by atoms with Crippen LogP contribution in [0.5, 0.6) is 0 Å². The Morgan fingerprint density at radius 3 is 2.48 bits per heavy atom. The van der Waals surface area contributed by atoms with E-state index in [0.717, 1.165) is 49.8 Å². The molecule has 0 aliphatic carbocycles. The molecule has 2 aromatic carbocycles. The zero-order chi connectivity index (χ0) is 22.2. The summed E-state index contributed by atoms with van der Waals surface area (Å²) in [6, 6.07) is 14.6. The van der Waals surface area contributed by atoms with Gasteiger partial charge in [0.05, 0.1) is 6.54 Å². The normalized spacial score (nSPS) is 14.7. The van der Waals surface area contributed by atoms with E-state index in [-0.39, 0.29) is 5.91 Å². The maximum Gasteiger partial charge on any atom is 0.234 e. The molecule has 6 heteroatoms. The van der Waals surface area contributed by atoms with Gasteiger partial charge in [-0.3, -0.25) is 9.69 Å². The van der Waals surface area contributed by atoms with Crippen LogP contribution in [0.4, 0.5) is 5.69 Å². The van der Waals surface area contributed by atoms with Crippen LogP contribution in [-0.2, 0) is 11.2 Å². The zero-order valence-electron chi connectivity index (χ0n) is 18.9. The van der Waals surface area contributed by atoms with Gasteiger partial charge >= 0.3 is 0 Å². The first-order valence-electron chi connectivity index (χ1n) is 11.1. The first kappa shape index (κ1) is 23.2. The van der Waals surface area contributed by atoms with Gasteiger partial charge in [-0.25, -0.2) is 0 Å². The van der Waals surface area contributed by atoms with Crippen LogP contribution in [-0.4, -0.2) is 60.1 Å². The second-order valence-electron chi connectivity index (χ2n) is 8.38. The van der Waals surface area contributed by atoms with Crippen molar-refractivity contribution in [1.29, 1.82) is 0 Å². The van der Waals surface area contributed by atoms with Gasteiger partial charge in [-0.15, -0.1) is 0 Å². The average Bonchev–Trinajstić information content (AvgIpc) is 2.98. The SMILES string of the molecule is Cc1cc(C)c(NC(=S)N2CCCN(CC(=O)NCCc3ccccc3)CC2)cc1C. The number of carbonyl (C=O) groups is 1. The number of amides is 1. The molecule has 0 saturated carbocycles. The van der Waals surface area contributed by atoms with Crippen molar-refractivity contribution in [2.45, 2.75) is 33.6 Å². The molecule has 0 spiro atoms. The first-order chi connectivity index (χ1) is 14.9. The minimum absolute atomic E-state index is 0.0934. The van der Waals surface area contributed by atoms with E-state index in [1.165, 1.54) is 22.3 Å². The Hall–Kier alpha value is -2.44. The van der Waals surface area contributed by atoms with Crippen molar-refractivity contribution in [3.63, 3.8) is 0 Å². The quantitative estimate of drug-likeness (QED) is 0.674. The molecule has 0 radical (unpaired) electrons. The molecule has 166 valence electrons. The topological polar surface area (TPSA) is 47.6 Å². The third-order valence-electron chi connectivity index (χ3n) is 5.90. The number of nitrogens with zero attached hydrogens (tertiary/aromatic N) is 2. The fourth-order valence-electron chi connectivity index (χ4n) is 3.87. The van der Waals surface area contributed by atoms with Gasteiger partial charge in [-0.05, 0) is 74.2 Å². The van der Waals surface area contributed by atoms with E-state index in [4.69, 9.17) is 12.2 Å². The van der Waals surface area contributed by atoms with Gasteiger partial charge in [-0.2, -0.15) is 0 Å². The second-order valence-corrected chi connectivity index (χ2v) is 8.77. The molecular weight excluding hydrogens is 404 g/mol. The van der Waals surface area contributed by atoms with E-state index in [1.54, 1.807) is 0 Å². The highest BCUT2D eigenvalue weighted by Crippen LogP contribution is 2.20. The Morgan fingerprint density at radius 2 is 1.71 bits per heavy atom. The Bertz CT molecular complexity index is 900. The van der Waals surface area contributed by atoms with Gasteiger partial charge in [0.25, 0.3) is 0 Å². The maximum atomic E-state index is 12.4. The fraction of sp³-hybridized carbons (Fsp3) is 0.440. The fourth-order valence-corrected chi connectivity index (χ4v) is 4.16. The van der Waals surface area contributed by atoms with Gasteiger partial charge < -0.3 is 15.5 Å². The van der Waals surface area contributed by atoms with E-state index in [0.29, 0.717) is 13.1 Å². The predicted octanol–water partition coefficient (Wildman–Crippen LogP) is 3.68. The molecule has 1 fully saturated rings. The lowest BCUT2D eigenvalue weighted by Gasteiger charge is -2.25. The van der Waals surface area contributed by atoms with E-state index < -0.39 is 0 Å². The summed E-state index contributed by atoms with van der Waals surface area (Å²) in [7, 11) is 0. The smallest absolute Gasteiger partial charge is 0.234 e. The number of carbonyl (C=O) groups excluding carboxylic acids is 1. The van der Waals surface area contributed by atoms with Gasteiger partial charge in [0, 0.05) is 38.4 Å². The van der Waals surface area contributed by atoms with Crippen molar-refractivity contribution in [1.82, 2.24) is 15.1 Å². The Kier molecular flexibility index (Phi) is 8.43. The van der Waals surface area contributed by atoms with Crippen LogP contribution in [0.1, 0.15) is 28.7 Å². The third-order valence-corrected chi connectivity index (χ3v) is 6.26. The molecule has 0 atom stereocenters. The monoisotopic (exact) mass is 438 g/mol. The highest BCUT2D eigenvalue weighted by atomic mass is 32.1. The van der Waals surface area contributed by atoms with Crippen molar-refractivity contribution < 1.29 is 4.79 Å². The maximum absolute atomic E-state index is 12.4. The van der Waals surface area contributed by atoms with Crippen molar-refractivity contribution in [3.05, 3.63) is 64.7 Å². The van der Waals surface area contributed by atoms with Crippen LogP contribution in [0.3, 0.4) is 0 Å². The molecule has 0 aromatic heterocycles. The number of anilines is 1. The van der Waals surface area contributed by atoms with Gasteiger partial charge in [0.15, 0.2) is 5.11 Å². The third kappa shape index (κ3) is 7.04. The summed E-state index contributed by atoms with van der Waals surface area (Å²) < 4.78 is 0. The van der Waals surface area contributed by atoms with Crippen molar-refractivity contribution in [2.75, 3.05) is 44.6 Å². The van der Waals surface area contributed by atoms with Crippen LogP contribution in [0, 0.1) is 20.8 Å². The number of rotatable bonds is 6. The Balaban J connectivity index is 1.43. The van der Waals surface area contributed by atoms with E-state index >= 15 is 0 Å². The molecule has 0 unspecified atom stereocenters. The summed E-state index contributed by atoms with van der Waals surface area (Å²) in [5.41, 5.74) is 6.08. The average molecular weight is 439 g/mol. The molecule has 1 amide bonds. The predicted molar refractivity (Wildman–Crippen MR) is 133 cm³/mol. The molecular formula is C25H34N4OS. The summed E-state index contributed by atoms with van der Waals surface area (Å²) in [5, 5.41) is 7.25. The lowest BCUT2D eigenvalue weighted by molar-refractivity contribution is -0.122. The molecule has 5 nitrogen and oxygen atoms in total. The van der Waals surface area contributed by atoms with Crippen LogP contribution in [0.2, 0.25) is 0 Å². The minimum atomic E-state index is 0.0934. The lowest BCUT2D eigenvalue weighted by atomic mass is 10.1. The van der Waals surface area contributed by atoms with Crippen LogP contribution >= 0.6 is 12.2 Å². The highest BCUT2D eigenvalue weighted by Gasteiger charge is 2.19. The summed E-state index contributed by atoms with van der Waals surface area (Å²) in [5.74, 6) is 0.0934. The minimum Gasteiger partial charge on any atom is -0.355 e. The van der Waals surface area contributed by atoms with Crippen LogP contribution < -0.4 is 10.6 Å². The summed E-state index contributed by atoms with van der Waals surface area (Å²) in [4.78, 5) is 16.8. The number of benzene rings is 2. The van der Waals surface area contributed by atoms with E-state index in [9.17, 15) is 4.79 Å². The van der Waals surface area contributed by atoms with E-state index in [1.807, 2.05) is 18.2 Å². The van der Waals surface area contributed by atoms with Crippen LogP contribution in [0.25, 0.3) is 0 Å². The lowest BCUT2D eigenvalue weighted by Crippen LogP contribution is -2.41. The van der Waals surface area contributed by atoms with Gasteiger partial charge in [0.1, 0.15) is 0 Å². The molecule has 1 aliphatic heterocycles. The van der Waals surface area contributed by atoms with Crippen molar-refractivity contribution in [3.8, 4) is 0 Å². The number of thiocarbonyl (C=S) groups is 1. The van der Waals surface area contributed by atoms with Crippen LogP contribution in [0.15, 0.2) is 42.5 Å². The summed E-state index contributed by atoms with van der Waals surface area (Å²) in [6.45, 7) is 11.0. The molecule has 1 saturated heterocycles. The standard InChI is InChI=1S/C25H34N4OS/c1-19-16-21(3)23(17-20(19)2)27-25(31)29-13-7-12-28(14-15-29)18-24(30)26-11-10-22-8-5-4-6-9-22/h4-6,8-9,16-17H,7,10-15,18H2,1-3H3,(H,26,30)(H,27,31). The molecule has 2 aromatic rings. The number of hydrogen-bond donors (Lipinski definition) is 2. The Morgan fingerprint density at radius 1 is 0.968 bits per heavy atom. The van der Waals surface area contributed by atoms with Crippen molar-refractivity contribution >= 4 is 28.9 Å². The summed E-state index contributed by atoms with van der Waals surface area (Å²) in [6.07, 6.45) is 1.85. The zero-order valence-corrected chi connectivity index (χ0v) is 19.7. The Labute approximate surface area is 191 Å². The number of hydrogen-bond acceptors (Lipinski definition) is 3. The summed E-state index contributed by atoms with van der Waals surface area (Å²) >= 11 is 5.70. The molecule has 1 aliphatic rings. The molecule has 3 rings (SSSR count). The number of aryl methyl sites for hydroxylation is 3. The first-order valence-corrected chi connectivity index (χ1v) is 11.5. The van der Waals surface area contributed by atoms with E-state index in [2.05, 4.69) is 65.5 Å². The number of nitrogens with one attached hydrogen (secondary N) is 2. The molecule has 1 heterocycles. The van der Waals surface area contributed by atoms with Gasteiger partial charge in [0.2, 0.25) is 5.91 Å². The molecule has 0 bridgehead atoms. The van der Waals surface area contributed by atoms with Gasteiger partial charge in [-0.1, -0.05) is 36.4 Å². The largest absolute Gasteiger partial charge is 0.355 e. The van der Waals surface area contributed by atoms with Crippen molar-refractivity contribution in [2.24, 2.45) is 0 Å². The second kappa shape index (κ2) is 11.3. The molecule has 31 heavy (non-hydrogen) atoms. The highest BCUT2D eigenvalue weighted by molar-refractivity contribution is 7.80. The molecule has 2 N–H and O–H groups in total.